The Hall–Kier alpha value is -2.22. The summed E-state index contributed by atoms with van der Waals surface area (Å²) in [5, 5.41) is 0.775. The lowest BCUT2D eigenvalue weighted by atomic mass is 10.2. The predicted octanol–water partition coefficient (Wildman–Crippen LogP) is 5.57. The summed E-state index contributed by atoms with van der Waals surface area (Å²) in [6, 6.07) is 17.4. The SMILES string of the molecule is O=C1C(=Cc2ccc(SCc3ccco3)o2)SC(=S)N1Cc1ccccc1. The van der Waals surface area contributed by atoms with Crippen LogP contribution in [0.15, 0.2) is 79.7 Å². The van der Waals surface area contributed by atoms with E-state index in [4.69, 9.17) is 21.1 Å². The van der Waals surface area contributed by atoms with E-state index in [1.807, 2.05) is 54.6 Å². The van der Waals surface area contributed by atoms with Crippen LogP contribution in [0, 0.1) is 0 Å². The van der Waals surface area contributed by atoms with E-state index in [0.717, 1.165) is 16.4 Å². The maximum Gasteiger partial charge on any atom is 0.266 e. The summed E-state index contributed by atoms with van der Waals surface area (Å²) in [4.78, 5) is 14.9. The van der Waals surface area contributed by atoms with Crippen molar-refractivity contribution in [3.63, 3.8) is 0 Å². The third kappa shape index (κ3) is 4.37. The van der Waals surface area contributed by atoms with Crippen molar-refractivity contribution < 1.29 is 13.6 Å². The minimum atomic E-state index is -0.0879. The molecule has 1 aromatic carbocycles. The number of nitrogens with zero attached hydrogens (tertiary/aromatic N) is 1. The fourth-order valence-corrected chi connectivity index (χ4v) is 4.56. The van der Waals surface area contributed by atoms with E-state index in [1.54, 1.807) is 29.0 Å². The van der Waals surface area contributed by atoms with Gasteiger partial charge in [0.2, 0.25) is 0 Å². The van der Waals surface area contributed by atoms with Gasteiger partial charge in [-0.1, -0.05) is 66.1 Å². The second-order valence-electron chi connectivity index (χ2n) is 5.78. The molecule has 0 bridgehead atoms. The van der Waals surface area contributed by atoms with Crippen molar-refractivity contribution >= 4 is 52.0 Å². The normalized spacial score (nSPS) is 15.9. The van der Waals surface area contributed by atoms with Gasteiger partial charge in [0, 0.05) is 6.08 Å². The molecule has 0 spiro atoms. The summed E-state index contributed by atoms with van der Waals surface area (Å²) in [5.74, 6) is 2.13. The first kappa shape index (κ1) is 18.2. The van der Waals surface area contributed by atoms with Crippen LogP contribution in [0.1, 0.15) is 17.1 Å². The Bertz CT molecular complexity index is 977. The summed E-state index contributed by atoms with van der Waals surface area (Å²) >= 11 is 8.23. The highest BCUT2D eigenvalue weighted by Gasteiger charge is 2.32. The number of hydrogen-bond acceptors (Lipinski definition) is 6. The Balaban J connectivity index is 1.43. The van der Waals surface area contributed by atoms with Crippen molar-refractivity contribution in [2.75, 3.05) is 0 Å². The molecule has 0 aliphatic carbocycles. The largest absolute Gasteiger partial charge is 0.468 e. The highest BCUT2D eigenvalue weighted by molar-refractivity contribution is 8.26. The van der Waals surface area contributed by atoms with Crippen LogP contribution in [0.2, 0.25) is 0 Å². The van der Waals surface area contributed by atoms with Gasteiger partial charge < -0.3 is 8.83 Å². The number of rotatable bonds is 6. The lowest BCUT2D eigenvalue weighted by molar-refractivity contribution is -0.122. The van der Waals surface area contributed by atoms with Crippen LogP contribution in [0.5, 0.6) is 0 Å². The van der Waals surface area contributed by atoms with Gasteiger partial charge in [-0.15, -0.1) is 0 Å². The molecule has 1 saturated heterocycles. The topological polar surface area (TPSA) is 46.6 Å². The fraction of sp³-hybridized carbons (Fsp3) is 0.100. The minimum Gasteiger partial charge on any atom is -0.468 e. The van der Waals surface area contributed by atoms with Gasteiger partial charge in [0.15, 0.2) is 5.09 Å². The van der Waals surface area contributed by atoms with Gasteiger partial charge in [0.25, 0.3) is 5.91 Å². The first-order chi connectivity index (χ1) is 13.2. The summed E-state index contributed by atoms with van der Waals surface area (Å²) < 4.78 is 11.7. The smallest absolute Gasteiger partial charge is 0.266 e. The number of furan rings is 2. The molecule has 4 nitrogen and oxygen atoms in total. The van der Waals surface area contributed by atoms with Crippen molar-refractivity contribution in [1.29, 1.82) is 0 Å². The standard InChI is InChI=1S/C20H15NO3S3/c22-19-17(27-20(25)21(19)12-14-5-2-1-3-6-14)11-15-8-9-18(24-15)26-13-16-7-4-10-23-16/h1-11H,12-13H2. The number of carbonyl (C=O) groups excluding carboxylic acids is 1. The molecule has 4 rings (SSSR count). The van der Waals surface area contributed by atoms with Crippen molar-refractivity contribution in [2.45, 2.75) is 17.4 Å². The maximum atomic E-state index is 12.7. The second-order valence-corrected chi connectivity index (χ2v) is 8.43. The van der Waals surface area contributed by atoms with E-state index in [0.29, 0.717) is 27.3 Å². The molecule has 1 aliphatic rings. The summed E-state index contributed by atoms with van der Waals surface area (Å²) in [5.41, 5.74) is 1.05. The molecule has 2 aromatic heterocycles. The van der Waals surface area contributed by atoms with Gasteiger partial charge in [0.1, 0.15) is 15.8 Å². The molecule has 136 valence electrons. The third-order valence-electron chi connectivity index (χ3n) is 3.87. The number of hydrogen-bond donors (Lipinski definition) is 0. The van der Waals surface area contributed by atoms with E-state index in [1.165, 1.54) is 11.8 Å². The summed E-state index contributed by atoms with van der Waals surface area (Å²) in [6.07, 6.45) is 3.40. The molecule has 1 amide bonds. The van der Waals surface area contributed by atoms with E-state index < -0.39 is 0 Å². The molecule has 0 unspecified atom stereocenters. The van der Waals surface area contributed by atoms with Gasteiger partial charge in [-0.05, 0) is 29.8 Å². The molecule has 0 atom stereocenters. The molecule has 7 heteroatoms. The Labute approximate surface area is 170 Å². The molecule has 1 fully saturated rings. The van der Waals surface area contributed by atoms with E-state index in [-0.39, 0.29) is 5.91 Å². The molecular weight excluding hydrogens is 398 g/mol. The zero-order chi connectivity index (χ0) is 18.6. The van der Waals surface area contributed by atoms with Crippen LogP contribution in [0.3, 0.4) is 0 Å². The van der Waals surface area contributed by atoms with Crippen LogP contribution < -0.4 is 0 Å². The second kappa shape index (κ2) is 8.21. The summed E-state index contributed by atoms with van der Waals surface area (Å²) in [6.45, 7) is 0.477. The minimum absolute atomic E-state index is 0.0879. The number of benzene rings is 1. The lowest BCUT2D eigenvalue weighted by Crippen LogP contribution is -2.27. The van der Waals surface area contributed by atoms with Gasteiger partial charge in [-0.2, -0.15) is 0 Å². The molecular formula is C20H15NO3S3. The van der Waals surface area contributed by atoms with Crippen LogP contribution in [-0.2, 0) is 17.1 Å². The number of amides is 1. The molecule has 0 saturated carbocycles. The molecule has 0 N–H and O–H groups in total. The van der Waals surface area contributed by atoms with Crippen LogP contribution in [-0.4, -0.2) is 15.1 Å². The highest BCUT2D eigenvalue weighted by Crippen LogP contribution is 2.34. The summed E-state index contributed by atoms with van der Waals surface area (Å²) in [7, 11) is 0. The van der Waals surface area contributed by atoms with Gasteiger partial charge >= 0.3 is 0 Å². The highest BCUT2D eigenvalue weighted by atomic mass is 32.2. The maximum absolute atomic E-state index is 12.7. The quantitative estimate of drug-likeness (QED) is 0.299. The Morgan fingerprint density at radius 3 is 2.74 bits per heavy atom. The monoisotopic (exact) mass is 413 g/mol. The van der Waals surface area contributed by atoms with E-state index in [9.17, 15) is 4.79 Å². The molecule has 1 aliphatic heterocycles. The van der Waals surface area contributed by atoms with Crippen LogP contribution in [0.4, 0.5) is 0 Å². The molecule has 27 heavy (non-hydrogen) atoms. The van der Waals surface area contributed by atoms with Crippen molar-refractivity contribution in [3.05, 3.63) is 82.8 Å². The van der Waals surface area contributed by atoms with Crippen molar-refractivity contribution in [2.24, 2.45) is 0 Å². The number of thiocarbonyl (C=S) groups is 1. The average molecular weight is 414 g/mol. The first-order valence-corrected chi connectivity index (χ1v) is 10.4. The zero-order valence-corrected chi connectivity index (χ0v) is 16.6. The van der Waals surface area contributed by atoms with Gasteiger partial charge in [-0.3, -0.25) is 9.69 Å². The van der Waals surface area contributed by atoms with Crippen molar-refractivity contribution in [1.82, 2.24) is 4.90 Å². The molecule has 3 aromatic rings. The van der Waals surface area contributed by atoms with Crippen LogP contribution in [0.25, 0.3) is 6.08 Å². The van der Waals surface area contributed by atoms with Gasteiger partial charge in [-0.25, -0.2) is 0 Å². The Morgan fingerprint density at radius 2 is 1.96 bits per heavy atom. The lowest BCUT2D eigenvalue weighted by Gasteiger charge is -2.14. The Kier molecular flexibility index (Phi) is 5.52. The Morgan fingerprint density at radius 1 is 1.11 bits per heavy atom. The fourth-order valence-electron chi connectivity index (χ4n) is 2.56. The third-order valence-corrected chi connectivity index (χ3v) is 6.18. The number of thioether (sulfide) groups is 2. The first-order valence-electron chi connectivity index (χ1n) is 8.23. The van der Waals surface area contributed by atoms with Crippen LogP contribution >= 0.6 is 35.7 Å². The number of carbonyl (C=O) groups is 1. The van der Waals surface area contributed by atoms with E-state index >= 15 is 0 Å². The van der Waals surface area contributed by atoms with Gasteiger partial charge in [0.05, 0.1) is 23.5 Å². The van der Waals surface area contributed by atoms with Crippen molar-refractivity contribution in [3.8, 4) is 0 Å². The predicted molar refractivity (Wildman–Crippen MR) is 112 cm³/mol. The molecule has 0 radical (unpaired) electrons. The molecule has 3 heterocycles. The average Bonchev–Trinajstić information content (AvgIpc) is 3.40. The zero-order valence-electron chi connectivity index (χ0n) is 14.2. The van der Waals surface area contributed by atoms with E-state index in [2.05, 4.69) is 0 Å².